The van der Waals surface area contributed by atoms with Crippen LogP contribution >= 0.6 is 0 Å². The minimum absolute atomic E-state index is 0.114. The molecule has 0 saturated carbocycles. The molecule has 0 bridgehead atoms. The lowest BCUT2D eigenvalue weighted by Gasteiger charge is -2.47. The number of methoxy groups -OCH3 is 1. The van der Waals surface area contributed by atoms with Gasteiger partial charge in [-0.3, -0.25) is 9.69 Å². The summed E-state index contributed by atoms with van der Waals surface area (Å²) in [6, 6.07) is 5.12. The maximum absolute atomic E-state index is 14.1. The highest BCUT2D eigenvalue weighted by Crippen LogP contribution is 2.32. The Labute approximate surface area is 148 Å². The SMILES string of the molecule is COc1ccc(F)c(CN2CC[C@@H]3[C@@H](CCC(=O)N3CCCO)C2)c1. The molecule has 1 N–H and O–H groups in total. The molecule has 1 amide bonds. The summed E-state index contributed by atoms with van der Waals surface area (Å²) in [7, 11) is 1.59. The number of carbonyl (C=O) groups excluding carboxylic acids is 1. The Balaban J connectivity index is 1.64. The number of aliphatic hydroxyl groups is 1. The minimum atomic E-state index is -0.202. The van der Waals surface area contributed by atoms with Crippen LogP contribution in [-0.4, -0.2) is 60.2 Å². The van der Waals surface area contributed by atoms with Crippen molar-refractivity contribution in [2.75, 3.05) is 33.4 Å². The molecule has 0 aromatic heterocycles. The van der Waals surface area contributed by atoms with E-state index in [9.17, 15) is 9.18 Å². The fourth-order valence-electron chi connectivity index (χ4n) is 4.14. The van der Waals surface area contributed by atoms with Gasteiger partial charge in [0.1, 0.15) is 11.6 Å². The average Bonchev–Trinajstić information content (AvgIpc) is 2.63. The van der Waals surface area contributed by atoms with Crippen LogP contribution in [-0.2, 0) is 11.3 Å². The van der Waals surface area contributed by atoms with Crippen molar-refractivity contribution < 1.29 is 19.0 Å². The second-order valence-electron chi connectivity index (χ2n) is 7.01. The van der Waals surface area contributed by atoms with E-state index in [1.54, 1.807) is 19.2 Å². The highest BCUT2D eigenvalue weighted by molar-refractivity contribution is 5.77. The largest absolute Gasteiger partial charge is 0.497 e. The molecular formula is C19H27FN2O3. The van der Waals surface area contributed by atoms with Crippen molar-refractivity contribution in [3.8, 4) is 5.75 Å². The molecule has 5 nitrogen and oxygen atoms in total. The van der Waals surface area contributed by atoms with Crippen molar-refractivity contribution in [3.63, 3.8) is 0 Å². The van der Waals surface area contributed by atoms with Gasteiger partial charge in [0.25, 0.3) is 0 Å². The van der Waals surface area contributed by atoms with E-state index in [0.29, 0.717) is 43.2 Å². The number of aliphatic hydroxyl groups excluding tert-OH is 1. The molecule has 2 aliphatic rings. The van der Waals surface area contributed by atoms with E-state index in [1.165, 1.54) is 6.07 Å². The first-order valence-electron chi connectivity index (χ1n) is 9.07. The number of fused-ring (bicyclic) bond motifs is 1. The Morgan fingerprint density at radius 2 is 2.20 bits per heavy atom. The van der Waals surface area contributed by atoms with Crippen molar-refractivity contribution in [2.24, 2.45) is 5.92 Å². The third-order valence-corrected chi connectivity index (χ3v) is 5.43. The summed E-state index contributed by atoms with van der Waals surface area (Å²) in [6.45, 7) is 3.05. The van der Waals surface area contributed by atoms with Gasteiger partial charge in [-0.05, 0) is 43.4 Å². The van der Waals surface area contributed by atoms with Crippen LogP contribution in [0.3, 0.4) is 0 Å². The Morgan fingerprint density at radius 1 is 1.36 bits per heavy atom. The lowest BCUT2D eigenvalue weighted by atomic mass is 9.83. The van der Waals surface area contributed by atoms with Crippen LogP contribution in [0, 0.1) is 11.7 Å². The number of nitrogens with zero attached hydrogens (tertiary/aromatic N) is 2. The maximum Gasteiger partial charge on any atom is 0.222 e. The molecule has 2 saturated heterocycles. The molecule has 1 aromatic rings. The number of carbonyl (C=O) groups is 1. The first-order valence-corrected chi connectivity index (χ1v) is 9.07. The summed E-state index contributed by atoms with van der Waals surface area (Å²) in [5, 5.41) is 9.06. The number of likely N-dealkylation sites (tertiary alicyclic amines) is 2. The predicted molar refractivity (Wildman–Crippen MR) is 92.8 cm³/mol. The van der Waals surface area contributed by atoms with Crippen LogP contribution in [0.4, 0.5) is 4.39 Å². The average molecular weight is 350 g/mol. The van der Waals surface area contributed by atoms with E-state index in [-0.39, 0.29) is 24.4 Å². The highest BCUT2D eigenvalue weighted by atomic mass is 19.1. The number of amides is 1. The Kier molecular flexibility index (Phi) is 5.91. The van der Waals surface area contributed by atoms with Gasteiger partial charge in [0.15, 0.2) is 0 Å². The first-order chi connectivity index (χ1) is 12.1. The molecule has 1 aromatic carbocycles. The smallest absolute Gasteiger partial charge is 0.222 e. The molecule has 0 aliphatic carbocycles. The van der Waals surface area contributed by atoms with Gasteiger partial charge in [0.2, 0.25) is 5.91 Å². The molecule has 0 spiro atoms. The van der Waals surface area contributed by atoms with Crippen LogP contribution in [0.5, 0.6) is 5.75 Å². The number of halogens is 1. The first kappa shape index (κ1) is 18.1. The van der Waals surface area contributed by atoms with E-state index < -0.39 is 0 Å². The fourth-order valence-corrected chi connectivity index (χ4v) is 4.14. The van der Waals surface area contributed by atoms with Crippen molar-refractivity contribution in [2.45, 2.75) is 38.3 Å². The molecule has 3 rings (SSSR count). The summed E-state index contributed by atoms with van der Waals surface area (Å²) < 4.78 is 19.3. The number of ether oxygens (including phenoxy) is 1. The normalized spacial score (nSPS) is 24.3. The van der Waals surface area contributed by atoms with E-state index >= 15 is 0 Å². The monoisotopic (exact) mass is 350 g/mol. The predicted octanol–water partition coefficient (Wildman–Crippen LogP) is 2.03. The van der Waals surface area contributed by atoms with E-state index in [2.05, 4.69) is 4.90 Å². The lowest BCUT2D eigenvalue weighted by molar-refractivity contribution is -0.141. The summed E-state index contributed by atoms with van der Waals surface area (Å²) in [5.74, 6) is 1.11. The fraction of sp³-hybridized carbons (Fsp3) is 0.632. The number of piperidine rings is 2. The summed E-state index contributed by atoms with van der Waals surface area (Å²) in [4.78, 5) is 16.5. The Hall–Kier alpha value is -1.66. The van der Waals surface area contributed by atoms with Gasteiger partial charge >= 0.3 is 0 Å². The second-order valence-corrected chi connectivity index (χ2v) is 7.01. The standard InChI is InChI=1S/C19H27FN2O3/c1-25-16-4-5-17(20)15(11-16)13-21-9-7-18-14(12-21)3-6-19(24)22(18)8-2-10-23/h4-5,11,14,18,23H,2-3,6-10,12-13H2,1H3/t14-,18+/m0/s1. The van der Waals surface area contributed by atoms with Crippen LogP contribution < -0.4 is 4.74 Å². The van der Waals surface area contributed by atoms with Crippen molar-refractivity contribution in [1.82, 2.24) is 9.80 Å². The third kappa shape index (κ3) is 4.12. The second kappa shape index (κ2) is 8.15. The van der Waals surface area contributed by atoms with E-state index in [1.807, 2.05) is 4.90 Å². The summed E-state index contributed by atoms with van der Waals surface area (Å²) >= 11 is 0. The van der Waals surface area contributed by atoms with Crippen LogP contribution in [0.15, 0.2) is 18.2 Å². The zero-order chi connectivity index (χ0) is 17.8. The molecular weight excluding hydrogens is 323 g/mol. The molecule has 0 radical (unpaired) electrons. The molecule has 25 heavy (non-hydrogen) atoms. The van der Waals surface area contributed by atoms with Crippen molar-refractivity contribution in [1.29, 1.82) is 0 Å². The summed E-state index contributed by atoms with van der Waals surface area (Å²) in [6.07, 6.45) is 3.02. The molecule has 2 aliphatic heterocycles. The van der Waals surface area contributed by atoms with E-state index in [0.717, 1.165) is 25.9 Å². The van der Waals surface area contributed by atoms with Gasteiger partial charge in [-0.2, -0.15) is 0 Å². The molecule has 2 fully saturated rings. The number of rotatable bonds is 6. The third-order valence-electron chi connectivity index (χ3n) is 5.43. The van der Waals surface area contributed by atoms with Crippen LogP contribution in [0.25, 0.3) is 0 Å². The van der Waals surface area contributed by atoms with Gasteiger partial charge in [0, 0.05) is 50.8 Å². The number of benzene rings is 1. The molecule has 2 atom stereocenters. The minimum Gasteiger partial charge on any atom is -0.497 e. The van der Waals surface area contributed by atoms with Gasteiger partial charge in [-0.25, -0.2) is 4.39 Å². The molecule has 2 heterocycles. The van der Waals surface area contributed by atoms with Crippen LogP contribution in [0.1, 0.15) is 31.2 Å². The van der Waals surface area contributed by atoms with Gasteiger partial charge in [-0.1, -0.05) is 0 Å². The highest BCUT2D eigenvalue weighted by Gasteiger charge is 2.38. The van der Waals surface area contributed by atoms with Crippen LogP contribution in [0.2, 0.25) is 0 Å². The maximum atomic E-state index is 14.1. The topological polar surface area (TPSA) is 53.0 Å². The number of hydrogen-bond donors (Lipinski definition) is 1. The number of hydrogen-bond acceptors (Lipinski definition) is 4. The summed E-state index contributed by atoms with van der Waals surface area (Å²) in [5.41, 5.74) is 0.654. The zero-order valence-electron chi connectivity index (χ0n) is 14.8. The Morgan fingerprint density at radius 3 is 2.96 bits per heavy atom. The quantitative estimate of drug-likeness (QED) is 0.853. The van der Waals surface area contributed by atoms with Crippen molar-refractivity contribution in [3.05, 3.63) is 29.6 Å². The molecule has 138 valence electrons. The zero-order valence-corrected chi connectivity index (χ0v) is 14.8. The molecule has 6 heteroatoms. The van der Waals surface area contributed by atoms with Gasteiger partial charge in [-0.15, -0.1) is 0 Å². The van der Waals surface area contributed by atoms with Gasteiger partial charge in [0.05, 0.1) is 7.11 Å². The van der Waals surface area contributed by atoms with Gasteiger partial charge < -0.3 is 14.7 Å². The van der Waals surface area contributed by atoms with Crippen molar-refractivity contribution >= 4 is 5.91 Å². The lowest BCUT2D eigenvalue weighted by Crippen LogP contribution is -2.56. The van der Waals surface area contributed by atoms with E-state index in [4.69, 9.17) is 9.84 Å². The Bertz CT molecular complexity index is 610. The molecule has 0 unspecified atom stereocenters.